The lowest BCUT2D eigenvalue weighted by atomic mass is 9.97. The maximum absolute atomic E-state index is 13.2. The van der Waals surface area contributed by atoms with Gasteiger partial charge in [-0.2, -0.15) is 0 Å². The molecule has 0 N–H and O–H groups in total. The number of carbonyl (C=O) groups excluding carboxylic acids is 2. The Morgan fingerprint density at radius 3 is 2.20 bits per heavy atom. The molecule has 2 aliphatic rings. The number of hydrogen-bond acceptors (Lipinski definition) is 7. The summed E-state index contributed by atoms with van der Waals surface area (Å²) < 4.78 is 23.0. The highest BCUT2D eigenvalue weighted by atomic mass is 16.6. The molecule has 226 valence electrons. The van der Waals surface area contributed by atoms with Crippen molar-refractivity contribution in [3.63, 3.8) is 0 Å². The van der Waals surface area contributed by atoms with Crippen molar-refractivity contribution in [2.24, 2.45) is 0 Å². The third-order valence-corrected chi connectivity index (χ3v) is 6.33. The maximum Gasteiger partial charge on any atom is 0.310 e. The summed E-state index contributed by atoms with van der Waals surface area (Å²) in [7, 11) is 0. The molecule has 0 unspecified atom stereocenters. The number of fused-ring (bicyclic) bond motifs is 1. The summed E-state index contributed by atoms with van der Waals surface area (Å²) in [5, 5.41) is 0.574. The Labute approximate surface area is 244 Å². The van der Waals surface area contributed by atoms with Crippen LogP contribution in [0.25, 0.3) is 11.6 Å². The Balaban J connectivity index is 0.00000110. The van der Waals surface area contributed by atoms with Gasteiger partial charge in [0.15, 0.2) is 5.43 Å². The van der Waals surface area contributed by atoms with Gasteiger partial charge in [0.2, 0.25) is 6.73 Å². The van der Waals surface area contributed by atoms with Crippen LogP contribution in [0.3, 0.4) is 0 Å². The molecule has 8 nitrogen and oxygen atoms in total. The van der Waals surface area contributed by atoms with Crippen LogP contribution < -0.4 is 20.5 Å². The zero-order valence-electron chi connectivity index (χ0n) is 25.9. The number of benzene rings is 1. The molecule has 8 heteroatoms. The molecule has 0 saturated carbocycles. The van der Waals surface area contributed by atoms with E-state index in [4.69, 9.17) is 18.6 Å². The summed E-state index contributed by atoms with van der Waals surface area (Å²) in [5.74, 6) is -0.503. The molecule has 1 saturated heterocycles. The van der Waals surface area contributed by atoms with Gasteiger partial charge in [-0.25, -0.2) is 4.48 Å². The summed E-state index contributed by atoms with van der Waals surface area (Å²) in [6, 6.07) is 11.4. The van der Waals surface area contributed by atoms with Gasteiger partial charge in [0.25, 0.3) is 0 Å². The second-order valence-corrected chi connectivity index (χ2v) is 10.9. The molecule has 0 spiro atoms. The molecule has 1 fully saturated rings. The number of ether oxygens (including phenoxy) is 3. The van der Waals surface area contributed by atoms with Gasteiger partial charge in [-0.1, -0.05) is 70.5 Å². The lowest BCUT2D eigenvalue weighted by molar-refractivity contribution is -0.160. The van der Waals surface area contributed by atoms with Crippen LogP contribution in [0, 0.1) is 0 Å². The predicted molar refractivity (Wildman–Crippen MR) is 163 cm³/mol. The van der Waals surface area contributed by atoms with Gasteiger partial charge in [-0.05, 0) is 39.2 Å². The number of rotatable bonds is 7. The highest BCUT2D eigenvalue weighted by Gasteiger charge is 2.38. The molecule has 0 bridgehead atoms. The van der Waals surface area contributed by atoms with Gasteiger partial charge in [-0.3, -0.25) is 14.4 Å². The molecular formula is C33H48NO7+. The van der Waals surface area contributed by atoms with Crippen LogP contribution in [0.1, 0.15) is 86.1 Å². The second-order valence-electron chi connectivity index (χ2n) is 10.9. The van der Waals surface area contributed by atoms with Crippen LogP contribution in [0.4, 0.5) is 5.88 Å². The van der Waals surface area contributed by atoms with E-state index in [1.54, 1.807) is 20.8 Å². The van der Waals surface area contributed by atoms with E-state index in [9.17, 15) is 14.4 Å². The van der Waals surface area contributed by atoms with Crippen LogP contribution in [-0.2, 0) is 23.8 Å². The Kier molecular flexibility index (Phi) is 13.5. The largest absolute Gasteiger partial charge is 0.460 e. The maximum atomic E-state index is 13.2. The lowest BCUT2D eigenvalue weighted by Crippen LogP contribution is -2.59. The fourth-order valence-corrected chi connectivity index (χ4v) is 4.50. The highest BCUT2D eigenvalue weighted by molar-refractivity contribution is 5.77. The number of morpholine rings is 1. The third-order valence-electron chi connectivity index (χ3n) is 6.33. The minimum absolute atomic E-state index is 0.0113. The zero-order chi connectivity index (χ0) is 30.5. The first kappa shape index (κ1) is 34.0. The number of quaternary nitrogens is 1. The molecular weight excluding hydrogens is 522 g/mol. The van der Waals surface area contributed by atoms with Crippen LogP contribution in [0.5, 0.6) is 0 Å². The van der Waals surface area contributed by atoms with Crippen molar-refractivity contribution in [3.05, 3.63) is 62.8 Å². The summed E-state index contributed by atoms with van der Waals surface area (Å²) >= 11 is 0. The summed E-state index contributed by atoms with van der Waals surface area (Å²) in [6.45, 7) is 15.4. The Morgan fingerprint density at radius 1 is 0.976 bits per heavy atom. The van der Waals surface area contributed by atoms with Crippen LogP contribution in [0.2, 0.25) is 0 Å². The van der Waals surface area contributed by atoms with E-state index in [0.29, 0.717) is 42.8 Å². The van der Waals surface area contributed by atoms with Crippen molar-refractivity contribution in [2.75, 3.05) is 33.0 Å². The second kappa shape index (κ2) is 16.3. The van der Waals surface area contributed by atoms with Crippen molar-refractivity contribution >= 4 is 29.5 Å². The fourth-order valence-electron chi connectivity index (χ4n) is 4.50. The van der Waals surface area contributed by atoms with E-state index in [1.807, 2.05) is 50.3 Å². The van der Waals surface area contributed by atoms with Gasteiger partial charge < -0.3 is 18.6 Å². The molecule has 1 aromatic carbocycles. The van der Waals surface area contributed by atoms with E-state index >= 15 is 0 Å². The number of esters is 2. The van der Waals surface area contributed by atoms with Crippen molar-refractivity contribution in [1.29, 1.82) is 0 Å². The van der Waals surface area contributed by atoms with Gasteiger partial charge in [-0.15, -0.1) is 0 Å². The molecule has 2 heterocycles. The topological polar surface area (TPSA) is 92.0 Å². The number of nitrogens with zero attached hydrogens (tertiary/aromatic N) is 1. The van der Waals surface area contributed by atoms with E-state index < -0.39 is 17.5 Å². The Morgan fingerprint density at radius 2 is 1.59 bits per heavy atom. The van der Waals surface area contributed by atoms with Crippen LogP contribution in [0.15, 0.2) is 45.6 Å². The first-order valence-corrected chi connectivity index (χ1v) is 14.8. The smallest absolute Gasteiger partial charge is 0.310 e. The van der Waals surface area contributed by atoms with E-state index in [-0.39, 0.29) is 29.5 Å². The van der Waals surface area contributed by atoms with Crippen molar-refractivity contribution in [2.45, 2.75) is 86.2 Å². The average Bonchev–Trinajstić information content (AvgIpc) is 2.96. The van der Waals surface area contributed by atoms with Gasteiger partial charge in [0.1, 0.15) is 24.1 Å². The lowest BCUT2D eigenvalue weighted by Gasteiger charge is -2.37. The molecule has 0 amide bonds. The van der Waals surface area contributed by atoms with Gasteiger partial charge >= 0.3 is 17.8 Å². The summed E-state index contributed by atoms with van der Waals surface area (Å²) in [4.78, 5) is 37.6. The fraction of sp³-hybridized carbons (Fsp3) is 0.545. The van der Waals surface area contributed by atoms with E-state index in [0.717, 1.165) is 24.0 Å². The third kappa shape index (κ3) is 9.97. The van der Waals surface area contributed by atoms with Crippen molar-refractivity contribution < 1.29 is 28.2 Å². The SMILES string of the molecule is CC.CC(C)(C)OC(=O)CCC(=O)OC[N+]1(c2cc(=O)c3c(o2)=C(c2ccccc2)CCC=3)CCOCC1.CCC. The molecule has 0 radical (unpaired) electrons. The van der Waals surface area contributed by atoms with Crippen molar-refractivity contribution in [3.8, 4) is 0 Å². The van der Waals surface area contributed by atoms with Crippen LogP contribution >= 0.6 is 0 Å². The average molecular weight is 571 g/mol. The van der Waals surface area contributed by atoms with Crippen molar-refractivity contribution in [1.82, 2.24) is 4.48 Å². The minimum Gasteiger partial charge on any atom is -0.460 e. The first-order valence-electron chi connectivity index (χ1n) is 14.8. The Bertz CT molecular complexity index is 1300. The van der Waals surface area contributed by atoms with E-state index in [2.05, 4.69) is 13.8 Å². The van der Waals surface area contributed by atoms with Gasteiger partial charge in [0.05, 0.1) is 37.3 Å². The van der Waals surface area contributed by atoms with Gasteiger partial charge in [0, 0.05) is 5.57 Å². The standard InChI is InChI=1S/C28H34NO7.C3H8.C2H6/c1-28(2,3)36-26(32)13-12-25(31)34-19-29(14-16-33-17-15-29)24-18-23(30)22-11-7-10-21(27(22)35-24)20-8-5-4-6-9-20;1-3-2;1-2/h4-6,8-9,11,18H,7,10,12-17,19H2,1-3H3;3H2,1-2H3;1-2H3/q+1;;. The molecule has 1 aliphatic heterocycles. The normalized spacial score (nSPS) is 15.5. The molecule has 4 rings (SSSR count). The molecule has 2 aromatic rings. The summed E-state index contributed by atoms with van der Waals surface area (Å²) in [6.07, 6.45) is 4.58. The zero-order valence-corrected chi connectivity index (χ0v) is 25.9. The molecule has 0 atom stereocenters. The molecule has 41 heavy (non-hydrogen) atoms. The highest BCUT2D eigenvalue weighted by Crippen LogP contribution is 2.25. The predicted octanol–water partition coefficient (Wildman–Crippen LogP) is 4.82. The number of hydrogen-bond donors (Lipinski definition) is 0. The monoisotopic (exact) mass is 570 g/mol. The van der Waals surface area contributed by atoms with Crippen LogP contribution in [-0.4, -0.2) is 50.6 Å². The molecule has 1 aromatic heterocycles. The van der Waals surface area contributed by atoms with E-state index in [1.165, 1.54) is 12.5 Å². The quantitative estimate of drug-likeness (QED) is 0.348. The Hall–Kier alpha value is -3.23. The number of carbonyl (C=O) groups is 2. The first-order chi connectivity index (χ1) is 19.6. The minimum atomic E-state index is -0.610. The molecule has 1 aliphatic carbocycles. The summed E-state index contributed by atoms with van der Waals surface area (Å²) in [5.41, 5.74) is 1.87.